The van der Waals surface area contributed by atoms with Gasteiger partial charge in [0, 0.05) is 6.54 Å². The van der Waals surface area contributed by atoms with Gasteiger partial charge in [0.2, 0.25) is 0 Å². The number of aliphatic hydroxyl groups excluding tert-OH is 1. The molecular weight excluding hydrogens is 244 g/mol. The number of hydrogen-bond acceptors (Lipinski definition) is 4. The fourth-order valence-electron chi connectivity index (χ4n) is 0.614. The molecule has 0 fully saturated rings. The van der Waals surface area contributed by atoms with Crippen LogP contribution in [0.2, 0.25) is 0 Å². The van der Waals surface area contributed by atoms with Gasteiger partial charge < -0.3 is 10.4 Å². The van der Waals surface area contributed by atoms with E-state index in [1.165, 1.54) is 17.5 Å². The number of aromatic nitrogens is 1. The van der Waals surface area contributed by atoms with Crippen LogP contribution in [0.5, 0.6) is 0 Å². The predicted molar refractivity (Wildman–Crippen MR) is 49.2 cm³/mol. The number of carbonyl (C=O) groups excluding carboxylic acids is 1. The third kappa shape index (κ3) is 2.54. The summed E-state index contributed by atoms with van der Waals surface area (Å²) in [7, 11) is 0. The quantitative estimate of drug-likeness (QED) is 0.828. The Balaban J connectivity index is 2.53. The lowest BCUT2D eigenvalue weighted by Crippen LogP contribution is -2.25. The van der Waals surface area contributed by atoms with Crippen LogP contribution in [-0.4, -0.2) is 29.1 Å². The molecule has 0 aromatic carbocycles. The molecule has 0 aliphatic heterocycles. The van der Waals surface area contributed by atoms with Crippen LogP contribution in [0.1, 0.15) is 9.67 Å². The Bertz CT molecular complexity index is 276. The number of rotatable bonds is 3. The van der Waals surface area contributed by atoms with Crippen molar-refractivity contribution in [3.05, 3.63) is 15.0 Å². The van der Waals surface area contributed by atoms with Gasteiger partial charge in [-0.1, -0.05) is 0 Å². The molecule has 1 aromatic rings. The van der Waals surface area contributed by atoms with Crippen LogP contribution in [0.15, 0.2) is 10.1 Å². The minimum atomic E-state index is -0.202. The predicted octanol–water partition coefficient (Wildman–Crippen LogP) is 0.628. The van der Waals surface area contributed by atoms with Gasteiger partial charge in [-0.25, -0.2) is 4.98 Å². The van der Waals surface area contributed by atoms with Gasteiger partial charge in [0.25, 0.3) is 5.91 Å². The molecule has 1 aromatic heterocycles. The summed E-state index contributed by atoms with van der Waals surface area (Å²) in [5, 5.41) is 11.0. The summed E-state index contributed by atoms with van der Waals surface area (Å²) in [6.45, 7) is 0.222. The van der Waals surface area contributed by atoms with Gasteiger partial charge in [-0.15, -0.1) is 11.3 Å². The van der Waals surface area contributed by atoms with Crippen LogP contribution in [0.25, 0.3) is 0 Å². The molecule has 0 spiro atoms. The van der Waals surface area contributed by atoms with Crippen molar-refractivity contribution < 1.29 is 9.90 Å². The third-order valence-electron chi connectivity index (χ3n) is 1.10. The zero-order valence-electron chi connectivity index (χ0n) is 6.08. The standard InChI is InChI=1S/C6H7BrN2O2S/c7-6-9-3-4(12-6)5(11)8-1-2-10/h3,10H,1-2H2,(H,8,11). The van der Waals surface area contributed by atoms with E-state index in [1.54, 1.807) is 0 Å². The Morgan fingerprint density at radius 1 is 1.83 bits per heavy atom. The fraction of sp³-hybridized carbons (Fsp3) is 0.333. The fourth-order valence-corrected chi connectivity index (χ4v) is 1.80. The van der Waals surface area contributed by atoms with E-state index in [2.05, 4.69) is 26.2 Å². The van der Waals surface area contributed by atoms with Crippen LogP contribution >= 0.6 is 27.3 Å². The van der Waals surface area contributed by atoms with Gasteiger partial charge in [0.05, 0.1) is 12.8 Å². The molecule has 0 radical (unpaired) electrons. The van der Waals surface area contributed by atoms with Gasteiger partial charge in [0.1, 0.15) is 4.88 Å². The molecule has 1 rings (SSSR count). The second kappa shape index (κ2) is 4.54. The smallest absolute Gasteiger partial charge is 0.263 e. The van der Waals surface area contributed by atoms with E-state index in [1.807, 2.05) is 0 Å². The normalized spacial score (nSPS) is 9.83. The molecule has 0 aliphatic carbocycles. The number of amides is 1. The van der Waals surface area contributed by atoms with Crippen molar-refractivity contribution in [3.8, 4) is 0 Å². The number of aliphatic hydroxyl groups is 1. The highest BCUT2D eigenvalue weighted by molar-refractivity contribution is 9.11. The molecule has 6 heteroatoms. The highest BCUT2D eigenvalue weighted by Crippen LogP contribution is 2.17. The summed E-state index contributed by atoms with van der Waals surface area (Å²) < 4.78 is 0.677. The van der Waals surface area contributed by atoms with Crippen LogP contribution < -0.4 is 5.32 Å². The van der Waals surface area contributed by atoms with Gasteiger partial charge in [0.15, 0.2) is 3.92 Å². The first kappa shape index (κ1) is 9.63. The molecule has 0 bridgehead atoms. The van der Waals surface area contributed by atoms with E-state index in [9.17, 15) is 4.79 Å². The lowest BCUT2D eigenvalue weighted by atomic mass is 10.5. The number of hydrogen-bond donors (Lipinski definition) is 2. The Labute approximate surface area is 81.8 Å². The summed E-state index contributed by atoms with van der Waals surface area (Å²) in [6, 6.07) is 0. The minimum absolute atomic E-state index is 0.0499. The molecule has 0 saturated heterocycles. The Morgan fingerprint density at radius 3 is 3.08 bits per heavy atom. The molecule has 0 atom stereocenters. The summed E-state index contributed by atoms with van der Waals surface area (Å²) in [4.78, 5) is 15.5. The highest BCUT2D eigenvalue weighted by Gasteiger charge is 2.07. The first-order valence-electron chi connectivity index (χ1n) is 3.24. The maximum absolute atomic E-state index is 11.1. The second-order valence-corrected chi connectivity index (χ2v) is 4.26. The lowest BCUT2D eigenvalue weighted by Gasteiger charge is -1.97. The van der Waals surface area contributed by atoms with Gasteiger partial charge in [-0.05, 0) is 15.9 Å². The zero-order valence-corrected chi connectivity index (χ0v) is 8.48. The van der Waals surface area contributed by atoms with Gasteiger partial charge in [-0.2, -0.15) is 0 Å². The van der Waals surface area contributed by atoms with Crippen molar-refractivity contribution in [1.82, 2.24) is 10.3 Å². The van der Waals surface area contributed by atoms with Gasteiger partial charge >= 0.3 is 0 Å². The molecule has 2 N–H and O–H groups in total. The average Bonchev–Trinajstić information content (AvgIpc) is 2.47. The molecule has 0 unspecified atom stereocenters. The van der Waals surface area contributed by atoms with Crippen LogP contribution in [0.4, 0.5) is 0 Å². The highest BCUT2D eigenvalue weighted by atomic mass is 79.9. The average molecular weight is 251 g/mol. The van der Waals surface area contributed by atoms with Crippen LogP contribution in [-0.2, 0) is 0 Å². The summed E-state index contributed by atoms with van der Waals surface area (Å²) >= 11 is 4.40. The monoisotopic (exact) mass is 250 g/mol. The molecule has 66 valence electrons. The Hall–Kier alpha value is -0.460. The van der Waals surface area contributed by atoms with E-state index < -0.39 is 0 Å². The summed E-state index contributed by atoms with van der Waals surface area (Å²) in [5.41, 5.74) is 0. The number of nitrogens with zero attached hydrogens (tertiary/aromatic N) is 1. The number of nitrogens with one attached hydrogen (secondary N) is 1. The first-order chi connectivity index (χ1) is 5.74. The van der Waals surface area contributed by atoms with Crippen molar-refractivity contribution in [3.63, 3.8) is 0 Å². The minimum Gasteiger partial charge on any atom is -0.395 e. The van der Waals surface area contributed by atoms with Crippen molar-refractivity contribution >= 4 is 33.2 Å². The van der Waals surface area contributed by atoms with Crippen LogP contribution in [0, 0.1) is 0 Å². The van der Waals surface area contributed by atoms with Crippen LogP contribution in [0.3, 0.4) is 0 Å². The van der Waals surface area contributed by atoms with Crippen molar-refractivity contribution in [2.24, 2.45) is 0 Å². The van der Waals surface area contributed by atoms with E-state index in [0.29, 0.717) is 8.79 Å². The number of halogens is 1. The molecule has 1 amide bonds. The first-order valence-corrected chi connectivity index (χ1v) is 4.85. The molecular formula is C6H7BrN2O2S. The molecule has 0 aliphatic rings. The number of thiazole rings is 1. The Kier molecular flexibility index (Phi) is 3.64. The SMILES string of the molecule is O=C(NCCO)c1cnc(Br)s1. The zero-order chi connectivity index (χ0) is 8.97. The Morgan fingerprint density at radius 2 is 2.58 bits per heavy atom. The third-order valence-corrected chi connectivity index (χ3v) is 2.57. The molecule has 4 nitrogen and oxygen atoms in total. The van der Waals surface area contributed by atoms with E-state index >= 15 is 0 Å². The maximum atomic E-state index is 11.1. The van der Waals surface area contributed by atoms with Crippen molar-refractivity contribution in [2.75, 3.05) is 13.2 Å². The van der Waals surface area contributed by atoms with E-state index in [4.69, 9.17) is 5.11 Å². The second-order valence-electron chi connectivity index (χ2n) is 1.96. The molecule has 1 heterocycles. The molecule has 0 saturated carbocycles. The lowest BCUT2D eigenvalue weighted by molar-refractivity contribution is 0.0948. The molecule has 12 heavy (non-hydrogen) atoms. The van der Waals surface area contributed by atoms with E-state index in [-0.39, 0.29) is 19.1 Å². The number of carbonyl (C=O) groups is 1. The topological polar surface area (TPSA) is 62.2 Å². The van der Waals surface area contributed by atoms with Gasteiger partial charge in [-0.3, -0.25) is 4.79 Å². The summed E-state index contributed by atoms with van der Waals surface area (Å²) in [6.07, 6.45) is 1.49. The maximum Gasteiger partial charge on any atom is 0.263 e. The van der Waals surface area contributed by atoms with Crippen molar-refractivity contribution in [1.29, 1.82) is 0 Å². The summed E-state index contributed by atoms with van der Waals surface area (Å²) in [5.74, 6) is -0.202. The van der Waals surface area contributed by atoms with E-state index in [0.717, 1.165) is 0 Å². The largest absolute Gasteiger partial charge is 0.395 e. The van der Waals surface area contributed by atoms with Crippen molar-refractivity contribution in [2.45, 2.75) is 0 Å².